The minimum atomic E-state index is 0.444. The lowest BCUT2D eigenvalue weighted by molar-refractivity contribution is 1.11. The van der Waals surface area contributed by atoms with E-state index in [0.29, 0.717) is 17.3 Å². The Morgan fingerprint density at radius 1 is 1.22 bits per heavy atom. The van der Waals surface area contributed by atoms with Gasteiger partial charge in [-0.2, -0.15) is 0 Å². The fourth-order valence-corrected chi connectivity index (χ4v) is 2.09. The summed E-state index contributed by atoms with van der Waals surface area (Å²) in [5, 5.41) is 3.22. The largest absolute Gasteiger partial charge is 0.381 e. The summed E-state index contributed by atoms with van der Waals surface area (Å²) in [5.74, 6) is 1.11. The van der Waals surface area contributed by atoms with E-state index in [1.807, 2.05) is 34.7 Å². The van der Waals surface area contributed by atoms with Crippen LogP contribution in [0.5, 0.6) is 0 Å². The summed E-state index contributed by atoms with van der Waals surface area (Å²) in [7, 11) is 0. The van der Waals surface area contributed by atoms with E-state index in [1.165, 1.54) is 0 Å². The molecule has 0 atom stereocenters. The zero-order chi connectivity index (χ0) is 12.5. The zero-order valence-corrected chi connectivity index (χ0v) is 10.9. The van der Waals surface area contributed by atoms with Gasteiger partial charge in [0.05, 0.1) is 0 Å². The molecule has 3 rings (SSSR count). The summed E-state index contributed by atoms with van der Waals surface area (Å²) in [6.07, 6.45) is 3.50. The van der Waals surface area contributed by atoms with Crippen molar-refractivity contribution in [3.05, 3.63) is 47.3 Å². The molecule has 3 N–H and O–H groups in total. The molecule has 90 valence electrons. The monoisotopic (exact) mass is 303 g/mol. The topological polar surface area (TPSA) is 68.2 Å². The fourth-order valence-electron chi connectivity index (χ4n) is 1.71. The van der Waals surface area contributed by atoms with E-state index in [1.54, 1.807) is 12.4 Å². The van der Waals surface area contributed by atoms with E-state index < -0.39 is 0 Å². The van der Waals surface area contributed by atoms with Crippen LogP contribution in [0.25, 0.3) is 5.65 Å². The second kappa shape index (κ2) is 4.30. The maximum atomic E-state index is 5.78. The number of halogens is 1. The van der Waals surface area contributed by atoms with Crippen molar-refractivity contribution in [2.45, 2.75) is 0 Å². The first-order chi connectivity index (χ1) is 8.75. The molecule has 18 heavy (non-hydrogen) atoms. The van der Waals surface area contributed by atoms with Crippen LogP contribution in [0.3, 0.4) is 0 Å². The Labute approximate surface area is 112 Å². The average Bonchev–Trinajstić information content (AvgIpc) is 2.69. The molecule has 0 unspecified atom stereocenters. The van der Waals surface area contributed by atoms with Crippen molar-refractivity contribution in [3.63, 3.8) is 0 Å². The third kappa shape index (κ3) is 1.80. The van der Waals surface area contributed by atoms with Crippen LogP contribution in [0.1, 0.15) is 0 Å². The van der Waals surface area contributed by atoms with Crippen LogP contribution in [0, 0.1) is 0 Å². The quantitative estimate of drug-likeness (QED) is 0.764. The van der Waals surface area contributed by atoms with E-state index in [-0.39, 0.29) is 0 Å². The number of anilines is 3. The molecule has 0 aliphatic rings. The maximum Gasteiger partial charge on any atom is 0.183 e. The van der Waals surface area contributed by atoms with Gasteiger partial charge in [0.25, 0.3) is 0 Å². The summed E-state index contributed by atoms with van der Waals surface area (Å²) < 4.78 is 2.57. The van der Waals surface area contributed by atoms with Gasteiger partial charge in [-0.1, -0.05) is 18.2 Å². The SMILES string of the molecule is Nc1nc2c(Nc3ccccc3)nccn2c1Br. The number of nitrogen functional groups attached to an aromatic ring is 1. The number of fused-ring (bicyclic) bond motifs is 1. The first-order valence-corrected chi connectivity index (χ1v) is 6.15. The molecule has 0 amide bonds. The van der Waals surface area contributed by atoms with Crippen molar-refractivity contribution in [1.29, 1.82) is 0 Å². The van der Waals surface area contributed by atoms with Gasteiger partial charge in [0, 0.05) is 18.1 Å². The Morgan fingerprint density at radius 3 is 2.78 bits per heavy atom. The lowest BCUT2D eigenvalue weighted by Gasteiger charge is -2.06. The molecular formula is C12H10BrN5. The maximum absolute atomic E-state index is 5.78. The Bertz CT molecular complexity index is 692. The number of para-hydroxylation sites is 1. The molecule has 0 radical (unpaired) electrons. The first kappa shape index (κ1) is 11.0. The molecule has 5 nitrogen and oxygen atoms in total. The summed E-state index contributed by atoms with van der Waals surface area (Å²) in [4.78, 5) is 8.56. The lowest BCUT2D eigenvalue weighted by Crippen LogP contribution is -1.97. The smallest absolute Gasteiger partial charge is 0.183 e. The fraction of sp³-hybridized carbons (Fsp3) is 0. The van der Waals surface area contributed by atoms with Gasteiger partial charge >= 0.3 is 0 Å². The van der Waals surface area contributed by atoms with Gasteiger partial charge in [-0.15, -0.1) is 0 Å². The van der Waals surface area contributed by atoms with Crippen molar-refractivity contribution in [2.24, 2.45) is 0 Å². The predicted octanol–water partition coefficient (Wildman–Crippen LogP) is 2.82. The van der Waals surface area contributed by atoms with Crippen LogP contribution in [-0.4, -0.2) is 14.4 Å². The van der Waals surface area contributed by atoms with Crippen LogP contribution in [0.2, 0.25) is 0 Å². The van der Waals surface area contributed by atoms with Crippen molar-refractivity contribution in [3.8, 4) is 0 Å². The highest BCUT2D eigenvalue weighted by Gasteiger charge is 2.11. The van der Waals surface area contributed by atoms with Crippen LogP contribution < -0.4 is 11.1 Å². The Morgan fingerprint density at radius 2 is 2.00 bits per heavy atom. The highest BCUT2D eigenvalue weighted by Crippen LogP contribution is 2.25. The second-order valence-electron chi connectivity index (χ2n) is 3.75. The van der Waals surface area contributed by atoms with Crippen LogP contribution >= 0.6 is 15.9 Å². The number of rotatable bonds is 2. The van der Waals surface area contributed by atoms with Gasteiger partial charge in [0.15, 0.2) is 17.3 Å². The first-order valence-electron chi connectivity index (χ1n) is 5.36. The van der Waals surface area contributed by atoms with E-state index in [0.717, 1.165) is 10.3 Å². The molecule has 6 heteroatoms. The second-order valence-corrected chi connectivity index (χ2v) is 4.50. The average molecular weight is 304 g/mol. The predicted molar refractivity (Wildman–Crippen MR) is 74.8 cm³/mol. The number of nitrogens with one attached hydrogen (secondary N) is 1. The molecule has 0 saturated heterocycles. The molecule has 0 fully saturated rings. The number of hydrogen-bond acceptors (Lipinski definition) is 4. The van der Waals surface area contributed by atoms with Gasteiger partial charge in [-0.25, -0.2) is 9.97 Å². The summed E-state index contributed by atoms with van der Waals surface area (Å²) in [6, 6.07) is 9.80. The van der Waals surface area contributed by atoms with Gasteiger partial charge in [-0.05, 0) is 28.1 Å². The molecule has 0 bridgehead atoms. The third-order valence-corrected chi connectivity index (χ3v) is 3.33. The molecule has 0 aliphatic heterocycles. The van der Waals surface area contributed by atoms with E-state index in [4.69, 9.17) is 5.73 Å². The molecule has 3 aromatic rings. The standard InChI is InChI=1S/C12H10BrN5/c13-9-10(14)17-12-11(15-6-7-18(9)12)16-8-4-2-1-3-5-8/h1-7H,14H2,(H,15,16). The Hall–Kier alpha value is -2.08. The van der Waals surface area contributed by atoms with Gasteiger partial charge in [0.1, 0.15) is 4.60 Å². The number of aromatic nitrogens is 3. The van der Waals surface area contributed by atoms with Crippen molar-refractivity contribution in [2.75, 3.05) is 11.1 Å². The molecule has 0 aliphatic carbocycles. The molecular weight excluding hydrogens is 294 g/mol. The van der Waals surface area contributed by atoms with Crippen molar-refractivity contribution in [1.82, 2.24) is 14.4 Å². The number of hydrogen-bond donors (Lipinski definition) is 2. The zero-order valence-electron chi connectivity index (χ0n) is 9.34. The molecule has 1 aromatic carbocycles. The summed E-state index contributed by atoms with van der Waals surface area (Å²) >= 11 is 3.39. The molecule has 0 spiro atoms. The van der Waals surface area contributed by atoms with Crippen LogP contribution in [-0.2, 0) is 0 Å². The van der Waals surface area contributed by atoms with Gasteiger partial charge in [0.2, 0.25) is 0 Å². The van der Waals surface area contributed by atoms with E-state index in [9.17, 15) is 0 Å². The highest BCUT2D eigenvalue weighted by molar-refractivity contribution is 9.10. The number of benzene rings is 1. The molecule has 0 saturated carbocycles. The summed E-state index contributed by atoms with van der Waals surface area (Å²) in [6.45, 7) is 0. The van der Waals surface area contributed by atoms with Crippen LogP contribution in [0.15, 0.2) is 47.3 Å². The number of nitrogens with two attached hydrogens (primary N) is 1. The van der Waals surface area contributed by atoms with Gasteiger partial charge in [-0.3, -0.25) is 4.40 Å². The highest BCUT2D eigenvalue weighted by atomic mass is 79.9. The minimum absolute atomic E-state index is 0.444. The van der Waals surface area contributed by atoms with Gasteiger partial charge < -0.3 is 11.1 Å². The summed E-state index contributed by atoms with van der Waals surface area (Å²) in [5.41, 5.74) is 7.42. The third-order valence-electron chi connectivity index (χ3n) is 2.55. The number of nitrogens with zero attached hydrogens (tertiary/aromatic N) is 3. The van der Waals surface area contributed by atoms with E-state index in [2.05, 4.69) is 31.2 Å². The number of imidazole rings is 1. The molecule has 2 aromatic heterocycles. The van der Waals surface area contributed by atoms with Crippen molar-refractivity contribution >= 4 is 38.9 Å². The molecule has 2 heterocycles. The van der Waals surface area contributed by atoms with E-state index >= 15 is 0 Å². The van der Waals surface area contributed by atoms with Crippen LogP contribution in [0.4, 0.5) is 17.3 Å². The van der Waals surface area contributed by atoms with Crippen molar-refractivity contribution < 1.29 is 0 Å². The Kier molecular flexibility index (Phi) is 2.64. The normalized spacial score (nSPS) is 10.7. The Balaban J connectivity index is 2.10. The minimum Gasteiger partial charge on any atom is -0.381 e. The lowest BCUT2D eigenvalue weighted by atomic mass is 10.3.